The predicted molar refractivity (Wildman–Crippen MR) is 81.0 cm³/mol. The van der Waals surface area contributed by atoms with Crippen molar-refractivity contribution in [1.29, 1.82) is 0 Å². The van der Waals surface area contributed by atoms with Crippen molar-refractivity contribution in [3.05, 3.63) is 59.5 Å². The van der Waals surface area contributed by atoms with E-state index in [4.69, 9.17) is 0 Å². The molecular formula is C15H10N6O. The van der Waals surface area contributed by atoms with E-state index in [9.17, 15) is 4.79 Å². The van der Waals surface area contributed by atoms with Crippen molar-refractivity contribution >= 4 is 11.3 Å². The van der Waals surface area contributed by atoms with Crippen LogP contribution in [0.1, 0.15) is 0 Å². The monoisotopic (exact) mass is 290 g/mol. The molecular weight excluding hydrogens is 280 g/mol. The highest BCUT2D eigenvalue weighted by Crippen LogP contribution is 2.28. The number of H-pyrrole nitrogens is 2. The van der Waals surface area contributed by atoms with E-state index in [1.807, 2.05) is 24.3 Å². The lowest BCUT2D eigenvalue weighted by atomic mass is 10.1. The van der Waals surface area contributed by atoms with Crippen LogP contribution in [0.25, 0.3) is 33.8 Å². The van der Waals surface area contributed by atoms with E-state index >= 15 is 0 Å². The molecule has 106 valence electrons. The van der Waals surface area contributed by atoms with E-state index in [1.54, 1.807) is 24.8 Å². The van der Waals surface area contributed by atoms with Gasteiger partial charge in [0, 0.05) is 35.9 Å². The van der Waals surface area contributed by atoms with Gasteiger partial charge in [0.25, 0.3) is 0 Å². The van der Waals surface area contributed by atoms with Crippen molar-refractivity contribution in [3.8, 4) is 22.5 Å². The number of hydrogen-bond donors (Lipinski definition) is 2. The molecule has 0 aliphatic rings. The topological polar surface area (TPSA) is 100 Å². The normalized spacial score (nSPS) is 10.9. The number of hydrogen-bond acceptors (Lipinski definition) is 5. The molecule has 7 nitrogen and oxygen atoms in total. The molecule has 0 spiro atoms. The quantitative estimate of drug-likeness (QED) is 0.586. The second kappa shape index (κ2) is 4.88. The molecule has 0 fully saturated rings. The highest BCUT2D eigenvalue weighted by Gasteiger charge is 2.14. The third kappa shape index (κ3) is 2.05. The SMILES string of the molecule is O=c1[nH]c2nc(-c3ccncc3)c(-c3cccnc3)nc2[nH]1. The lowest BCUT2D eigenvalue weighted by Gasteiger charge is -2.07. The molecule has 4 heterocycles. The van der Waals surface area contributed by atoms with Crippen LogP contribution in [0.5, 0.6) is 0 Å². The first-order chi connectivity index (χ1) is 10.8. The van der Waals surface area contributed by atoms with Gasteiger partial charge in [0.05, 0.1) is 5.69 Å². The number of nitrogens with zero attached hydrogens (tertiary/aromatic N) is 4. The number of rotatable bonds is 2. The predicted octanol–water partition coefficient (Wildman–Crippen LogP) is 1.77. The summed E-state index contributed by atoms with van der Waals surface area (Å²) >= 11 is 0. The summed E-state index contributed by atoms with van der Waals surface area (Å²) in [6.07, 6.45) is 6.78. The molecule has 0 amide bonds. The molecule has 0 saturated heterocycles. The Hall–Kier alpha value is -3.35. The van der Waals surface area contributed by atoms with Crippen LogP contribution in [0, 0.1) is 0 Å². The molecule has 0 aromatic carbocycles. The van der Waals surface area contributed by atoms with E-state index in [-0.39, 0.29) is 5.69 Å². The molecule has 0 bridgehead atoms. The van der Waals surface area contributed by atoms with Gasteiger partial charge in [-0.25, -0.2) is 14.8 Å². The minimum Gasteiger partial charge on any atom is -0.289 e. The molecule has 7 heteroatoms. The first kappa shape index (κ1) is 12.4. The molecule has 0 radical (unpaired) electrons. The highest BCUT2D eigenvalue weighted by molar-refractivity contribution is 5.82. The van der Waals surface area contributed by atoms with Crippen molar-refractivity contribution in [2.45, 2.75) is 0 Å². The van der Waals surface area contributed by atoms with Crippen molar-refractivity contribution < 1.29 is 0 Å². The Balaban J connectivity index is 2.06. The Morgan fingerprint density at radius 1 is 0.773 bits per heavy atom. The van der Waals surface area contributed by atoms with Crippen molar-refractivity contribution in [3.63, 3.8) is 0 Å². The van der Waals surface area contributed by atoms with Gasteiger partial charge in [-0.15, -0.1) is 0 Å². The van der Waals surface area contributed by atoms with Gasteiger partial charge in [-0.3, -0.25) is 19.9 Å². The summed E-state index contributed by atoms with van der Waals surface area (Å²) in [5.41, 5.74) is 3.52. The lowest BCUT2D eigenvalue weighted by Crippen LogP contribution is -1.99. The van der Waals surface area contributed by atoms with Crippen molar-refractivity contribution in [2.75, 3.05) is 0 Å². The molecule has 4 aromatic rings. The first-order valence-corrected chi connectivity index (χ1v) is 6.62. The van der Waals surface area contributed by atoms with Crippen LogP contribution in [0.15, 0.2) is 53.8 Å². The molecule has 4 aromatic heterocycles. The average Bonchev–Trinajstić information content (AvgIpc) is 2.94. The summed E-state index contributed by atoms with van der Waals surface area (Å²) in [6.45, 7) is 0. The van der Waals surface area contributed by atoms with Gasteiger partial charge in [0.1, 0.15) is 5.69 Å². The fraction of sp³-hybridized carbons (Fsp3) is 0. The molecule has 0 unspecified atom stereocenters. The Kier molecular flexibility index (Phi) is 2.75. The van der Waals surface area contributed by atoms with Gasteiger partial charge in [0.2, 0.25) is 0 Å². The van der Waals surface area contributed by atoms with Crippen LogP contribution < -0.4 is 5.69 Å². The van der Waals surface area contributed by atoms with E-state index in [1.165, 1.54) is 0 Å². The number of aromatic nitrogens is 6. The largest absolute Gasteiger partial charge is 0.326 e. The summed E-state index contributed by atoms with van der Waals surface area (Å²) < 4.78 is 0. The maximum Gasteiger partial charge on any atom is 0.326 e. The van der Waals surface area contributed by atoms with Crippen LogP contribution in [-0.4, -0.2) is 29.9 Å². The summed E-state index contributed by atoms with van der Waals surface area (Å²) in [5.74, 6) is 0. The number of nitrogens with one attached hydrogen (secondary N) is 2. The second-order valence-electron chi connectivity index (χ2n) is 4.67. The van der Waals surface area contributed by atoms with E-state index in [0.29, 0.717) is 22.7 Å². The zero-order valence-electron chi connectivity index (χ0n) is 11.3. The standard InChI is InChI=1S/C15H10N6O/c22-15-20-13-14(21-15)19-12(10-2-1-5-17-8-10)11(18-13)9-3-6-16-7-4-9/h1-8H,(H2,18,19,20,21,22). The van der Waals surface area contributed by atoms with Crippen molar-refractivity contribution in [2.24, 2.45) is 0 Å². The maximum atomic E-state index is 11.5. The van der Waals surface area contributed by atoms with Crippen LogP contribution >= 0.6 is 0 Å². The lowest BCUT2D eigenvalue weighted by molar-refractivity contribution is 1.20. The van der Waals surface area contributed by atoms with Gasteiger partial charge in [-0.2, -0.15) is 0 Å². The Labute approximate surface area is 124 Å². The van der Waals surface area contributed by atoms with Gasteiger partial charge in [-0.05, 0) is 24.3 Å². The molecule has 4 rings (SSSR count). The Morgan fingerprint density at radius 3 is 2.09 bits per heavy atom. The van der Waals surface area contributed by atoms with Crippen LogP contribution in [0.3, 0.4) is 0 Å². The van der Waals surface area contributed by atoms with E-state index in [0.717, 1.165) is 11.1 Å². The second-order valence-corrected chi connectivity index (χ2v) is 4.67. The summed E-state index contributed by atoms with van der Waals surface area (Å²) in [6, 6.07) is 7.43. The molecule has 22 heavy (non-hydrogen) atoms. The van der Waals surface area contributed by atoms with Crippen LogP contribution in [-0.2, 0) is 0 Å². The minimum atomic E-state index is -0.334. The summed E-state index contributed by atoms with van der Waals surface area (Å²) in [5, 5.41) is 0. The average molecular weight is 290 g/mol. The molecule has 0 saturated carbocycles. The van der Waals surface area contributed by atoms with Gasteiger partial charge < -0.3 is 0 Å². The van der Waals surface area contributed by atoms with Crippen LogP contribution in [0.4, 0.5) is 0 Å². The van der Waals surface area contributed by atoms with Crippen LogP contribution in [0.2, 0.25) is 0 Å². The fourth-order valence-corrected chi connectivity index (χ4v) is 2.27. The number of pyridine rings is 2. The molecule has 2 N–H and O–H groups in total. The number of imidazole rings is 1. The number of fused-ring (bicyclic) bond motifs is 1. The van der Waals surface area contributed by atoms with Gasteiger partial charge >= 0.3 is 5.69 Å². The molecule has 0 aliphatic carbocycles. The maximum absolute atomic E-state index is 11.5. The summed E-state index contributed by atoms with van der Waals surface area (Å²) in [7, 11) is 0. The zero-order valence-corrected chi connectivity index (χ0v) is 11.3. The third-order valence-corrected chi connectivity index (χ3v) is 3.25. The van der Waals surface area contributed by atoms with E-state index < -0.39 is 0 Å². The van der Waals surface area contributed by atoms with E-state index in [2.05, 4.69) is 29.9 Å². The highest BCUT2D eigenvalue weighted by atomic mass is 16.1. The van der Waals surface area contributed by atoms with Crippen molar-refractivity contribution in [1.82, 2.24) is 29.9 Å². The van der Waals surface area contributed by atoms with Gasteiger partial charge in [-0.1, -0.05) is 0 Å². The zero-order chi connectivity index (χ0) is 14.9. The molecule has 0 atom stereocenters. The molecule has 0 aliphatic heterocycles. The van der Waals surface area contributed by atoms with Gasteiger partial charge in [0.15, 0.2) is 11.3 Å². The summed E-state index contributed by atoms with van der Waals surface area (Å²) in [4.78, 5) is 33.9. The first-order valence-electron chi connectivity index (χ1n) is 6.62. The minimum absolute atomic E-state index is 0.334. The smallest absolute Gasteiger partial charge is 0.289 e. The number of aromatic amines is 2. The fourth-order valence-electron chi connectivity index (χ4n) is 2.27. The third-order valence-electron chi connectivity index (χ3n) is 3.25. The Bertz CT molecular complexity index is 911. The Morgan fingerprint density at radius 2 is 1.45 bits per heavy atom.